The molecule has 2 nitrogen and oxygen atoms in total. The molecule has 0 amide bonds. The summed E-state index contributed by atoms with van der Waals surface area (Å²) in [4.78, 5) is 4.21. The molecule has 17 heavy (non-hydrogen) atoms. The second-order valence-corrected chi connectivity index (χ2v) is 5.27. The summed E-state index contributed by atoms with van der Waals surface area (Å²) in [5, 5.41) is 0. The summed E-state index contributed by atoms with van der Waals surface area (Å²) in [7, 11) is 0. The first-order valence-electron chi connectivity index (χ1n) is 5.79. The van der Waals surface area contributed by atoms with Crippen molar-refractivity contribution in [3.63, 3.8) is 0 Å². The van der Waals surface area contributed by atoms with Gasteiger partial charge in [0.2, 0.25) is 0 Å². The number of nitrogens with zero attached hydrogens (tertiary/aromatic N) is 1. The topological polar surface area (TPSA) is 38.9 Å². The lowest BCUT2D eigenvalue weighted by molar-refractivity contribution is 0.593. The molecule has 0 fully saturated rings. The van der Waals surface area contributed by atoms with Gasteiger partial charge in [-0.25, -0.2) is 0 Å². The minimum absolute atomic E-state index is 0.0121. The van der Waals surface area contributed by atoms with E-state index < -0.39 is 0 Å². The summed E-state index contributed by atoms with van der Waals surface area (Å²) >= 11 is 0. The highest BCUT2D eigenvalue weighted by molar-refractivity contribution is 5.73. The van der Waals surface area contributed by atoms with Crippen LogP contribution in [0.4, 0.5) is 5.69 Å². The average Bonchev–Trinajstić information content (AvgIpc) is 2.28. The van der Waals surface area contributed by atoms with Crippen LogP contribution < -0.4 is 5.73 Å². The zero-order chi connectivity index (χ0) is 12.5. The van der Waals surface area contributed by atoms with Gasteiger partial charge < -0.3 is 5.73 Å². The van der Waals surface area contributed by atoms with E-state index in [0.717, 1.165) is 16.8 Å². The van der Waals surface area contributed by atoms with E-state index in [1.807, 2.05) is 24.4 Å². The van der Waals surface area contributed by atoms with E-state index in [0.29, 0.717) is 0 Å². The van der Waals surface area contributed by atoms with Gasteiger partial charge in [-0.3, -0.25) is 4.98 Å². The second-order valence-electron chi connectivity index (χ2n) is 5.27. The third-order valence-corrected chi connectivity index (χ3v) is 2.81. The first-order chi connectivity index (χ1) is 8.00. The molecule has 0 bridgehead atoms. The number of aromatic nitrogens is 1. The molecule has 0 saturated carbocycles. The Hall–Kier alpha value is -1.83. The van der Waals surface area contributed by atoms with E-state index in [4.69, 9.17) is 5.73 Å². The third-order valence-electron chi connectivity index (χ3n) is 2.81. The molecule has 0 atom stereocenters. The van der Waals surface area contributed by atoms with Gasteiger partial charge in [0.05, 0.1) is 11.9 Å². The highest BCUT2D eigenvalue weighted by atomic mass is 14.7. The smallest absolute Gasteiger partial charge is 0.0544 e. The Bertz CT molecular complexity index is 510. The minimum atomic E-state index is 0.0121. The van der Waals surface area contributed by atoms with Crippen molar-refractivity contribution in [3.8, 4) is 11.1 Å². The Labute approximate surface area is 103 Å². The van der Waals surface area contributed by atoms with Crippen LogP contribution in [0, 0.1) is 0 Å². The van der Waals surface area contributed by atoms with Gasteiger partial charge in [-0.1, -0.05) is 51.1 Å². The average molecular weight is 226 g/mol. The summed E-state index contributed by atoms with van der Waals surface area (Å²) in [6.45, 7) is 6.52. The van der Waals surface area contributed by atoms with Crippen LogP contribution in [0.2, 0.25) is 0 Å². The minimum Gasteiger partial charge on any atom is -0.397 e. The molecule has 2 heteroatoms. The zero-order valence-corrected chi connectivity index (χ0v) is 10.6. The summed E-state index contributed by atoms with van der Waals surface area (Å²) in [6, 6.07) is 10.3. The highest BCUT2D eigenvalue weighted by Gasteiger charge is 2.21. The second kappa shape index (κ2) is 4.21. The summed E-state index contributed by atoms with van der Waals surface area (Å²) in [5.41, 5.74) is 10.3. The van der Waals surface area contributed by atoms with E-state index in [9.17, 15) is 0 Å². The van der Waals surface area contributed by atoms with Crippen LogP contribution in [0.1, 0.15) is 26.3 Å². The molecule has 1 heterocycles. The number of nitrogen functional groups attached to an aromatic ring is 1. The summed E-state index contributed by atoms with van der Waals surface area (Å²) in [5.74, 6) is 0. The van der Waals surface area contributed by atoms with Crippen LogP contribution in [-0.2, 0) is 5.41 Å². The predicted octanol–water partition coefficient (Wildman–Crippen LogP) is 3.63. The maximum atomic E-state index is 6.08. The first kappa shape index (κ1) is 11.6. The lowest BCUT2D eigenvalue weighted by Crippen LogP contribution is -2.16. The standard InChI is InChI=1S/C15H18N2/c1-15(2,3)14-12(9-17-10-13(14)16)11-7-5-4-6-8-11/h4-10H,16H2,1-3H3. The van der Waals surface area contributed by atoms with Crippen molar-refractivity contribution < 1.29 is 0 Å². The van der Waals surface area contributed by atoms with Crippen molar-refractivity contribution in [2.45, 2.75) is 26.2 Å². The van der Waals surface area contributed by atoms with Crippen LogP contribution in [0.25, 0.3) is 11.1 Å². The lowest BCUT2D eigenvalue weighted by Gasteiger charge is -2.24. The molecule has 88 valence electrons. The zero-order valence-electron chi connectivity index (χ0n) is 10.6. The number of benzene rings is 1. The molecular formula is C15H18N2. The lowest BCUT2D eigenvalue weighted by atomic mass is 9.82. The molecular weight excluding hydrogens is 208 g/mol. The Morgan fingerprint density at radius 2 is 1.65 bits per heavy atom. The fraction of sp³-hybridized carbons (Fsp3) is 0.267. The van der Waals surface area contributed by atoms with Crippen molar-refractivity contribution in [2.75, 3.05) is 5.73 Å². The molecule has 2 N–H and O–H groups in total. The number of hydrogen-bond acceptors (Lipinski definition) is 2. The van der Waals surface area contributed by atoms with Crippen LogP contribution in [0.15, 0.2) is 42.7 Å². The van der Waals surface area contributed by atoms with Gasteiger partial charge in [-0.15, -0.1) is 0 Å². The Balaban J connectivity index is 2.67. The van der Waals surface area contributed by atoms with Gasteiger partial charge in [0.25, 0.3) is 0 Å². The first-order valence-corrected chi connectivity index (χ1v) is 5.79. The quantitative estimate of drug-likeness (QED) is 0.806. The SMILES string of the molecule is CC(C)(C)c1c(N)cncc1-c1ccccc1. The molecule has 2 rings (SSSR count). The van der Waals surface area contributed by atoms with Crippen LogP contribution in [-0.4, -0.2) is 4.98 Å². The molecule has 0 radical (unpaired) electrons. The highest BCUT2D eigenvalue weighted by Crippen LogP contribution is 2.35. The van der Waals surface area contributed by atoms with Gasteiger partial charge in [-0.2, -0.15) is 0 Å². The molecule has 2 aromatic rings. The van der Waals surface area contributed by atoms with Crippen LogP contribution >= 0.6 is 0 Å². The molecule has 0 aliphatic rings. The van der Waals surface area contributed by atoms with Crippen molar-refractivity contribution in [1.82, 2.24) is 4.98 Å². The van der Waals surface area contributed by atoms with E-state index in [1.165, 1.54) is 5.56 Å². The normalized spacial score (nSPS) is 11.5. The van der Waals surface area contributed by atoms with Gasteiger partial charge >= 0.3 is 0 Å². The van der Waals surface area contributed by atoms with Crippen molar-refractivity contribution in [3.05, 3.63) is 48.3 Å². The molecule has 1 aromatic carbocycles. The fourth-order valence-electron chi connectivity index (χ4n) is 2.15. The molecule has 0 spiro atoms. The molecule has 0 unspecified atom stereocenters. The molecule has 0 aliphatic heterocycles. The summed E-state index contributed by atoms with van der Waals surface area (Å²) < 4.78 is 0. The predicted molar refractivity (Wildman–Crippen MR) is 72.8 cm³/mol. The molecule has 0 aliphatic carbocycles. The Morgan fingerprint density at radius 1 is 1.00 bits per heavy atom. The van der Waals surface area contributed by atoms with Crippen LogP contribution in [0.3, 0.4) is 0 Å². The van der Waals surface area contributed by atoms with E-state index in [1.54, 1.807) is 6.20 Å². The van der Waals surface area contributed by atoms with Crippen molar-refractivity contribution in [1.29, 1.82) is 0 Å². The van der Waals surface area contributed by atoms with E-state index in [-0.39, 0.29) is 5.41 Å². The largest absolute Gasteiger partial charge is 0.397 e. The molecule has 0 saturated heterocycles. The number of nitrogens with two attached hydrogens (primary N) is 1. The third kappa shape index (κ3) is 2.31. The maximum absolute atomic E-state index is 6.08. The number of pyridine rings is 1. The monoisotopic (exact) mass is 226 g/mol. The number of rotatable bonds is 1. The van der Waals surface area contributed by atoms with Crippen molar-refractivity contribution >= 4 is 5.69 Å². The van der Waals surface area contributed by atoms with Gasteiger partial charge in [0, 0.05) is 11.8 Å². The Morgan fingerprint density at radius 3 is 2.24 bits per heavy atom. The van der Waals surface area contributed by atoms with Gasteiger partial charge in [0.1, 0.15) is 0 Å². The van der Waals surface area contributed by atoms with Gasteiger partial charge in [0.15, 0.2) is 0 Å². The van der Waals surface area contributed by atoms with E-state index >= 15 is 0 Å². The van der Waals surface area contributed by atoms with Crippen molar-refractivity contribution in [2.24, 2.45) is 0 Å². The van der Waals surface area contributed by atoms with E-state index in [2.05, 4.69) is 37.9 Å². The summed E-state index contributed by atoms with van der Waals surface area (Å²) in [6.07, 6.45) is 3.62. The maximum Gasteiger partial charge on any atom is 0.0544 e. The number of hydrogen-bond donors (Lipinski definition) is 1. The van der Waals surface area contributed by atoms with Gasteiger partial charge in [-0.05, 0) is 16.5 Å². The number of anilines is 1. The Kier molecular flexibility index (Phi) is 2.88. The van der Waals surface area contributed by atoms with Crippen LogP contribution in [0.5, 0.6) is 0 Å². The fourth-order valence-corrected chi connectivity index (χ4v) is 2.15. The molecule has 1 aromatic heterocycles.